The highest BCUT2D eigenvalue weighted by Gasteiger charge is 2.33. The van der Waals surface area contributed by atoms with Crippen LogP contribution in [-0.4, -0.2) is 120 Å². The van der Waals surface area contributed by atoms with Crippen LogP contribution < -0.4 is 36.1 Å². The summed E-state index contributed by atoms with van der Waals surface area (Å²) in [5.41, 5.74) is 0.791. The third-order valence-electron chi connectivity index (χ3n) is 10.4. The van der Waals surface area contributed by atoms with E-state index < -0.39 is 107 Å². The van der Waals surface area contributed by atoms with E-state index in [4.69, 9.17) is 14.0 Å². The lowest BCUT2D eigenvalue weighted by molar-refractivity contribution is -0.152. The number of phenolic OH excluding ortho intramolecular Hbond substituents is 1. The fraction of sp³-hybridized carbons (Fsp3) is 0.469. The zero-order valence-corrected chi connectivity index (χ0v) is 41.8. The second-order valence-corrected chi connectivity index (χ2v) is 18.8. The maximum atomic E-state index is 14.1. The first-order valence-corrected chi connectivity index (χ1v) is 24.8. The van der Waals surface area contributed by atoms with E-state index in [-0.39, 0.29) is 43.8 Å². The molecule has 0 spiro atoms. The minimum absolute atomic E-state index is 0.0597. The molecule has 5 atom stereocenters. The van der Waals surface area contributed by atoms with Gasteiger partial charge in [-0.3, -0.25) is 33.3 Å². The molecule has 0 radical (unpaired) electrons. The van der Waals surface area contributed by atoms with Crippen LogP contribution in [0.15, 0.2) is 78.9 Å². The number of hydrogen-bond donors (Lipinski definition) is 9. The number of carbonyl (C=O) groups is 8. The SMILES string of the molecule is CCCCC(NC(=O)C(Cc1ccc(OS(=O)(=O)O)cc1)NC(=O)OC(C)(C)C)C(=O)NCC(=O)NC(Cc1ccc(O)cc1)C(=O)NC(CCCC)C(=O)NC(CC(=O)O)C(=O)OCCc1ccccc1. The van der Waals surface area contributed by atoms with Crippen molar-refractivity contribution >= 4 is 58.0 Å². The Hall–Kier alpha value is -7.27. The summed E-state index contributed by atoms with van der Waals surface area (Å²) in [6, 6.07) is 13.1. The Bertz CT molecular complexity index is 2400. The van der Waals surface area contributed by atoms with E-state index in [2.05, 4.69) is 36.1 Å². The number of carboxylic acids is 1. The van der Waals surface area contributed by atoms with Crippen LogP contribution in [0, 0.1) is 0 Å². The summed E-state index contributed by atoms with van der Waals surface area (Å²) in [6.07, 6.45) is 0.419. The van der Waals surface area contributed by atoms with Gasteiger partial charge in [0.2, 0.25) is 29.5 Å². The molecule has 5 unspecified atom stereocenters. The predicted molar refractivity (Wildman–Crippen MR) is 260 cm³/mol. The number of benzene rings is 3. The molecule has 0 aliphatic rings. The number of aromatic hydroxyl groups is 1. The van der Waals surface area contributed by atoms with Crippen LogP contribution in [-0.2, 0) is 72.7 Å². The highest BCUT2D eigenvalue weighted by atomic mass is 32.3. The molecule has 6 amide bonds. The molecule has 0 aromatic heterocycles. The first-order valence-electron chi connectivity index (χ1n) is 23.4. The van der Waals surface area contributed by atoms with Gasteiger partial charge in [0, 0.05) is 19.3 Å². The number of phenols is 1. The Balaban J connectivity index is 1.78. The Morgan fingerprint density at radius 2 is 1.12 bits per heavy atom. The monoisotopic (exact) mass is 1030 g/mol. The van der Waals surface area contributed by atoms with Crippen LogP contribution in [0.5, 0.6) is 11.5 Å². The second kappa shape index (κ2) is 29.2. The van der Waals surface area contributed by atoms with Crippen molar-refractivity contribution in [3.8, 4) is 11.5 Å². The highest BCUT2D eigenvalue weighted by molar-refractivity contribution is 7.81. The van der Waals surface area contributed by atoms with Gasteiger partial charge in [0.15, 0.2) is 0 Å². The maximum Gasteiger partial charge on any atom is 0.446 e. The molecular weight excluding hydrogens is 961 g/mol. The molecule has 72 heavy (non-hydrogen) atoms. The Morgan fingerprint density at radius 1 is 0.625 bits per heavy atom. The Kier molecular flexibility index (Phi) is 23.9. The van der Waals surface area contributed by atoms with E-state index >= 15 is 0 Å². The van der Waals surface area contributed by atoms with Crippen LogP contribution >= 0.6 is 0 Å². The topological polar surface area (TPSA) is 331 Å². The molecule has 0 fully saturated rings. The van der Waals surface area contributed by atoms with Crippen LogP contribution in [0.2, 0.25) is 0 Å². The third kappa shape index (κ3) is 23.1. The van der Waals surface area contributed by atoms with Gasteiger partial charge in [0.05, 0.1) is 19.6 Å². The first kappa shape index (κ1) is 59.0. The molecule has 0 heterocycles. The van der Waals surface area contributed by atoms with Gasteiger partial charge in [-0.05, 0) is 74.6 Å². The number of ether oxygens (including phenoxy) is 2. The van der Waals surface area contributed by atoms with E-state index in [0.717, 1.165) is 5.56 Å². The molecule has 0 saturated heterocycles. The van der Waals surface area contributed by atoms with E-state index in [1.165, 1.54) is 48.5 Å². The van der Waals surface area contributed by atoms with E-state index in [1.54, 1.807) is 32.9 Å². The molecule has 0 saturated carbocycles. The average molecular weight is 1030 g/mol. The number of carboxylic acid groups (broad SMARTS) is 1. The largest absolute Gasteiger partial charge is 0.508 e. The van der Waals surface area contributed by atoms with Crippen LogP contribution in [0.1, 0.15) is 96.3 Å². The maximum absolute atomic E-state index is 14.1. The van der Waals surface area contributed by atoms with Crippen molar-refractivity contribution in [2.45, 2.75) is 135 Å². The molecule has 0 bridgehead atoms. The number of nitrogens with one attached hydrogen (secondary N) is 6. The van der Waals surface area contributed by atoms with Crippen molar-refractivity contribution in [1.82, 2.24) is 31.9 Å². The summed E-state index contributed by atoms with van der Waals surface area (Å²) in [5.74, 6) is -6.88. The fourth-order valence-electron chi connectivity index (χ4n) is 6.86. The molecule has 22 nitrogen and oxygen atoms in total. The summed E-state index contributed by atoms with van der Waals surface area (Å²) >= 11 is 0. The van der Waals surface area contributed by atoms with Crippen molar-refractivity contribution in [3.63, 3.8) is 0 Å². The van der Waals surface area contributed by atoms with Gasteiger partial charge in [-0.15, -0.1) is 0 Å². The van der Waals surface area contributed by atoms with Crippen LogP contribution in [0.3, 0.4) is 0 Å². The zero-order valence-electron chi connectivity index (χ0n) is 40.9. The van der Waals surface area contributed by atoms with Crippen molar-refractivity contribution in [1.29, 1.82) is 0 Å². The minimum atomic E-state index is -4.82. The summed E-state index contributed by atoms with van der Waals surface area (Å²) in [5, 5.41) is 34.6. The van der Waals surface area contributed by atoms with Crippen molar-refractivity contribution < 1.29 is 75.2 Å². The van der Waals surface area contributed by atoms with E-state index in [0.29, 0.717) is 43.2 Å². The number of unbranched alkanes of at least 4 members (excludes halogenated alkanes) is 2. The molecule has 0 aliphatic carbocycles. The lowest BCUT2D eigenvalue weighted by Crippen LogP contribution is -2.58. The number of alkyl carbamates (subject to hydrolysis) is 1. The molecule has 3 aromatic rings. The molecule has 23 heteroatoms. The zero-order chi connectivity index (χ0) is 53.4. The summed E-state index contributed by atoms with van der Waals surface area (Å²) in [7, 11) is -4.82. The predicted octanol–water partition coefficient (Wildman–Crippen LogP) is 2.95. The number of carbonyl (C=O) groups excluding carboxylic acids is 7. The van der Waals surface area contributed by atoms with E-state index in [1.807, 2.05) is 32.0 Å². The molecule has 3 aromatic carbocycles. The van der Waals surface area contributed by atoms with Crippen LogP contribution in [0.25, 0.3) is 0 Å². The molecule has 394 valence electrons. The van der Waals surface area contributed by atoms with Crippen LogP contribution in [0.4, 0.5) is 4.79 Å². The highest BCUT2D eigenvalue weighted by Crippen LogP contribution is 2.17. The van der Waals surface area contributed by atoms with Crippen molar-refractivity contribution in [2.75, 3.05) is 13.2 Å². The molecular formula is C49H66N6O16S. The number of rotatable bonds is 29. The van der Waals surface area contributed by atoms with Gasteiger partial charge in [0.1, 0.15) is 47.3 Å². The lowest BCUT2D eigenvalue weighted by atomic mass is 10.0. The van der Waals surface area contributed by atoms with Gasteiger partial charge >= 0.3 is 28.4 Å². The van der Waals surface area contributed by atoms with Gasteiger partial charge in [-0.1, -0.05) is 94.1 Å². The van der Waals surface area contributed by atoms with Gasteiger partial charge in [0.25, 0.3) is 0 Å². The molecule has 9 N–H and O–H groups in total. The lowest BCUT2D eigenvalue weighted by Gasteiger charge is -2.26. The second-order valence-electron chi connectivity index (χ2n) is 17.7. The number of esters is 1. The third-order valence-corrected chi connectivity index (χ3v) is 10.8. The first-order chi connectivity index (χ1) is 33.9. The quantitative estimate of drug-likeness (QED) is 0.0357. The smallest absolute Gasteiger partial charge is 0.446 e. The Labute approximate surface area is 418 Å². The summed E-state index contributed by atoms with van der Waals surface area (Å²) in [6.45, 7) is 7.73. The van der Waals surface area contributed by atoms with Gasteiger partial charge < -0.3 is 55.8 Å². The van der Waals surface area contributed by atoms with Crippen molar-refractivity contribution in [3.05, 3.63) is 95.6 Å². The number of amides is 6. The molecule has 3 rings (SSSR count). The standard InChI is InChI=1S/C49H66N6O16S/c1-6-8-15-36(52-46(63)39(55-48(65)70-49(3,4)5)28-33-19-23-35(24-20-33)71-72(66,67)68)43(60)50-30-41(57)51-38(27-32-17-21-34(56)22-18-32)45(62)53-37(16-9-7-2)44(61)54-40(29-42(58)59)47(64)69-26-25-31-13-11-10-12-14-31/h10-14,17-24,36-40,56H,6-9,15-16,25-30H2,1-5H3,(H,50,60)(H,51,57)(H,52,63)(H,53,62)(H,54,61)(H,55,65)(H,58,59)(H,66,67,68). The van der Waals surface area contributed by atoms with Crippen molar-refractivity contribution in [2.24, 2.45) is 0 Å². The Morgan fingerprint density at radius 3 is 1.64 bits per heavy atom. The van der Waals surface area contributed by atoms with Gasteiger partial charge in [-0.25, -0.2) is 9.59 Å². The number of hydrogen-bond acceptors (Lipinski definition) is 14. The fourth-order valence-corrected chi connectivity index (χ4v) is 7.22. The van der Waals surface area contributed by atoms with Gasteiger partial charge in [-0.2, -0.15) is 8.42 Å². The number of aliphatic carboxylic acids is 1. The average Bonchev–Trinajstić information content (AvgIpc) is 3.30. The summed E-state index contributed by atoms with van der Waals surface area (Å²) in [4.78, 5) is 107. The molecule has 0 aliphatic heterocycles. The summed E-state index contributed by atoms with van der Waals surface area (Å²) < 4.78 is 46.4. The normalized spacial score (nSPS) is 13.4. The van der Waals surface area contributed by atoms with E-state index in [9.17, 15) is 57.0 Å². The minimum Gasteiger partial charge on any atom is -0.508 e.